The number of nitrogen functional groups attached to an aromatic ring is 1. The largest absolute Gasteiger partial charge is 0.378 e. The number of hydrogen-bond donors (Lipinski definition) is 1. The molecule has 2 heterocycles. The molecule has 19 heavy (non-hydrogen) atoms. The van der Waals surface area contributed by atoms with Crippen LogP contribution in [0.5, 0.6) is 0 Å². The molecule has 2 rings (SSSR count). The molecule has 2 N–H and O–H groups in total. The van der Waals surface area contributed by atoms with Crippen molar-refractivity contribution in [3.63, 3.8) is 0 Å². The minimum Gasteiger partial charge on any atom is -0.378 e. The van der Waals surface area contributed by atoms with Gasteiger partial charge >= 0.3 is 5.69 Å². The van der Waals surface area contributed by atoms with Crippen molar-refractivity contribution in [3.8, 4) is 0 Å². The van der Waals surface area contributed by atoms with E-state index in [1.54, 1.807) is 0 Å². The highest BCUT2D eigenvalue weighted by atomic mass is 16.6. The summed E-state index contributed by atoms with van der Waals surface area (Å²) >= 11 is 0. The van der Waals surface area contributed by atoms with Crippen molar-refractivity contribution in [1.29, 1.82) is 0 Å². The van der Waals surface area contributed by atoms with Crippen LogP contribution in [0.4, 0.5) is 11.5 Å². The zero-order chi connectivity index (χ0) is 13.8. The van der Waals surface area contributed by atoms with E-state index >= 15 is 0 Å². The molecule has 0 atom stereocenters. The molecule has 0 saturated carbocycles. The topological polar surface area (TPSA) is 102 Å². The first-order valence-corrected chi connectivity index (χ1v) is 5.74. The Morgan fingerprint density at radius 1 is 1.58 bits per heavy atom. The summed E-state index contributed by atoms with van der Waals surface area (Å²) in [6, 6.07) is 1.42. The molecule has 1 aliphatic rings. The number of rotatable bonds is 4. The smallest absolute Gasteiger partial charge is 0.311 e. The van der Waals surface area contributed by atoms with E-state index in [1.165, 1.54) is 19.7 Å². The number of nitrogens with two attached hydrogens (primary N) is 1. The molecule has 0 aromatic carbocycles. The fourth-order valence-electron chi connectivity index (χ4n) is 1.98. The van der Waals surface area contributed by atoms with Gasteiger partial charge in [0.25, 0.3) is 7.41 Å². The molecule has 7 nitrogen and oxygen atoms in total. The molecule has 1 aliphatic heterocycles. The van der Waals surface area contributed by atoms with Crippen LogP contribution in [-0.4, -0.2) is 41.4 Å². The van der Waals surface area contributed by atoms with Crippen LogP contribution in [0.1, 0.15) is 12.0 Å². The number of anilines is 1. The van der Waals surface area contributed by atoms with Crippen molar-refractivity contribution in [2.75, 3.05) is 18.8 Å². The van der Waals surface area contributed by atoms with Crippen LogP contribution in [0.15, 0.2) is 18.3 Å². The van der Waals surface area contributed by atoms with Crippen LogP contribution in [0.2, 0.25) is 0 Å². The lowest BCUT2D eigenvalue weighted by atomic mass is 9.89. The van der Waals surface area contributed by atoms with Crippen LogP contribution in [-0.2, 0) is 4.79 Å². The molecule has 97 valence electrons. The Morgan fingerprint density at radius 3 is 3.05 bits per heavy atom. The van der Waals surface area contributed by atoms with Crippen molar-refractivity contribution in [2.45, 2.75) is 6.42 Å². The van der Waals surface area contributed by atoms with Gasteiger partial charge in [0.2, 0.25) is 5.82 Å². The third kappa shape index (κ3) is 2.97. The molecular weight excluding hydrogens is 247 g/mol. The number of hydrogen-bond acceptors (Lipinski definition) is 6. The zero-order valence-corrected chi connectivity index (χ0v) is 10.2. The summed E-state index contributed by atoms with van der Waals surface area (Å²) in [5.41, 5.74) is 6.82. The van der Waals surface area contributed by atoms with E-state index < -0.39 is 4.92 Å². The molecule has 0 fully saturated rings. The second kappa shape index (κ2) is 5.62. The van der Waals surface area contributed by atoms with Gasteiger partial charge in [0, 0.05) is 24.4 Å². The van der Waals surface area contributed by atoms with Gasteiger partial charge in [-0.2, -0.15) is 0 Å². The Kier molecular flexibility index (Phi) is 3.91. The van der Waals surface area contributed by atoms with Gasteiger partial charge in [-0.15, -0.1) is 0 Å². The molecular formula is C11H12BN4O3. The fraction of sp³-hybridized carbons (Fsp3) is 0.273. The Balaban J connectivity index is 2.27. The third-order valence-corrected chi connectivity index (χ3v) is 2.92. The first-order chi connectivity index (χ1) is 9.11. The lowest BCUT2D eigenvalue weighted by Crippen LogP contribution is -2.33. The van der Waals surface area contributed by atoms with Gasteiger partial charge in [-0.3, -0.25) is 10.1 Å². The lowest BCUT2D eigenvalue weighted by Gasteiger charge is -2.25. The minimum atomic E-state index is -0.551. The maximum atomic E-state index is 10.8. The van der Waals surface area contributed by atoms with Crippen molar-refractivity contribution >= 4 is 30.7 Å². The molecule has 0 amide bonds. The minimum absolute atomic E-state index is 0.0959. The maximum Gasteiger partial charge on any atom is 0.311 e. The average Bonchev–Trinajstić information content (AvgIpc) is 2.39. The van der Waals surface area contributed by atoms with Gasteiger partial charge in [0.05, 0.1) is 11.1 Å². The highest BCUT2D eigenvalue weighted by Crippen LogP contribution is 2.26. The average molecular weight is 259 g/mol. The first-order valence-electron chi connectivity index (χ1n) is 5.74. The molecule has 0 aliphatic carbocycles. The lowest BCUT2D eigenvalue weighted by molar-refractivity contribution is -0.384. The van der Waals surface area contributed by atoms with Crippen molar-refractivity contribution in [1.82, 2.24) is 9.79 Å². The van der Waals surface area contributed by atoms with E-state index in [2.05, 4.69) is 4.98 Å². The van der Waals surface area contributed by atoms with E-state index in [1.807, 2.05) is 10.9 Å². The van der Waals surface area contributed by atoms with E-state index in [0.29, 0.717) is 12.1 Å². The molecule has 0 saturated heterocycles. The van der Waals surface area contributed by atoms with Crippen LogP contribution in [0.25, 0.3) is 5.57 Å². The summed E-state index contributed by atoms with van der Waals surface area (Å²) in [5, 5.41) is 10.8. The quantitative estimate of drug-likeness (QED) is 0.365. The van der Waals surface area contributed by atoms with Gasteiger partial charge in [0.1, 0.15) is 0 Å². The molecule has 1 aromatic heterocycles. The Hall–Kier alpha value is -2.22. The molecule has 1 radical (unpaired) electrons. The second-order valence-electron chi connectivity index (χ2n) is 4.16. The zero-order valence-electron chi connectivity index (χ0n) is 10.2. The van der Waals surface area contributed by atoms with Crippen LogP contribution >= 0.6 is 0 Å². The second-order valence-corrected chi connectivity index (χ2v) is 4.16. The number of carbonyl (C=O) groups excluding carboxylic acids is 1. The van der Waals surface area contributed by atoms with Gasteiger partial charge in [-0.05, 0) is 18.5 Å². The summed E-state index contributed by atoms with van der Waals surface area (Å²) < 4.78 is 0. The number of pyridine rings is 1. The van der Waals surface area contributed by atoms with Crippen LogP contribution in [0.3, 0.4) is 0 Å². The van der Waals surface area contributed by atoms with Gasteiger partial charge < -0.3 is 15.3 Å². The van der Waals surface area contributed by atoms with E-state index in [9.17, 15) is 14.9 Å². The van der Waals surface area contributed by atoms with E-state index in [-0.39, 0.29) is 11.5 Å². The van der Waals surface area contributed by atoms with Crippen molar-refractivity contribution in [3.05, 3.63) is 34.0 Å². The molecule has 1 aromatic rings. The van der Waals surface area contributed by atoms with Gasteiger partial charge in [0.15, 0.2) is 0 Å². The van der Waals surface area contributed by atoms with Crippen molar-refractivity contribution in [2.24, 2.45) is 0 Å². The summed E-state index contributed by atoms with van der Waals surface area (Å²) in [7, 11) is 1.46. The molecule has 0 spiro atoms. The predicted molar refractivity (Wildman–Crippen MR) is 72.0 cm³/mol. The normalized spacial score (nSPS) is 15.7. The SMILES string of the molecule is Nc1ncc(C2=CCCN([B]C=O)C2)cc1[N+](=O)[O-]. The summed E-state index contributed by atoms with van der Waals surface area (Å²) in [4.78, 5) is 26.4. The summed E-state index contributed by atoms with van der Waals surface area (Å²) in [5.74, 6) is -0.0959. The number of aromatic nitrogens is 1. The number of nitrogens with zero attached hydrogens (tertiary/aromatic N) is 3. The fourth-order valence-corrected chi connectivity index (χ4v) is 1.98. The monoisotopic (exact) mass is 259 g/mol. The highest BCUT2D eigenvalue weighted by Gasteiger charge is 2.18. The number of nitro groups is 1. The Morgan fingerprint density at radius 2 is 2.37 bits per heavy atom. The molecule has 0 bridgehead atoms. The maximum absolute atomic E-state index is 10.8. The third-order valence-electron chi connectivity index (χ3n) is 2.92. The van der Waals surface area contributed by atoms with E-state index in [0.717, 1.165) is 24.7 Å². The van der Waals surface area contributed by atoms with Crippen LogP contribution in [0, 0.1) is 10.1 Å². The predicted octanol–water partition coefficient (Wildman–Crippen LogP) is 0.470. The Bertz CT molecular complexity index is 547. The first kappa shape index (κ1) is 13.2. The van der Waals surface area contributed by atoms with E-state index in [4.69, 9.17) is 5.73 Å². The summed E-state index contributed by atoms with van der Waals surface area (Å²) in [6.07, 6.45) is 5.01. The van der Waals surface area contributed by atoms with Crippen LogP contribution < -0.4 is 5.73 Å². The Labute approximate surface area is 110 Å². The van der Waals surface area contributed by atoms with Gasteiger partial charge in [-0.25, -0.2) is 4.98 Å². The molecule has 0 unspecified atom stereocenters. The standard InChI is InChI=1S/C11H12BN4O3/c13-11-10(16(18)19)4-9(5-14-11)8-2-1-3-15(6-8)12-7-17/h2,4-5,7H,1,3,6H2,(H2,13,14). The van der Waals surface area contributed by atoms with Crippen molar-refractivity contribution < 1.29 is 9.72 Å². The highest BCUT2D eigenvalue weighted by molar-refractivity contribution is 6.64. The number of carbonyl (C=O) groups is 1. The summed E-state index contributed by atoms with van der Waals surface area (Å²) in [6.45, 7) is 1.29. The van der Waals surface area contributed by atoms with Gasteiger partial charge in [-0.1, -0.05) is 6.08 Å². The molecule has 8 heteroatoms.